The number of rotatable bonds is 6. The quantitative estimate of drug-likeness (QED) is 0.294. The van der Waals surface area contributed by atoms with E-state index in [1.807, 2.05) is 0 Å². The summed E-state index contributed by atoms with van der Waals surface area (Å²) in [5.74, 6) is -0.241. The minimum Gasteiger partial charge on any atom is -0.507 e. The Morgan fingerprint density at radius 3 is 2.74 bits per heavy atom. The Bertz CT molecular complexity index is 1180. The molecule has 2 aromatic carbocycles. The largest absolute Gasteiger partial charge is 0.507 e. The van der Waals surface area contributed by atoms with Gasteiger partial charge in [-0.1, -0.05) is 12.1 Å². The van der Waals surface area contributed by atoms with Gasteiger partial charge in [0.1, 0.15) is 11.5 Å². The average Bonchev–Trinajstić information content (AvgIpc) is 3.13. The minimum absolute atomic E-state index is 0.0353. The van der Waals surface area contributed by atoms with Gasteiger partial charge >= 0.3 is 5.97 Å². The van der Waals surface area contributed by atoms with Crippen molar-refractivity contribution in [3.8, 4) is 11.5 Å². The maximum absolute atomic E-state index is 13.1. The average molecular weight is 466 g/mol. The zero-order valence-corrected chi connectivity index (χ0v) is 19.1. The van der Waals surface area contributed by atoms with Crippen molar-refractivity contribution in [2.24, 2.45) is 5.92 Å². The monoisotopic (exact) mass is 466 g/mol. The van der Waals surface area contributed by atoms with Gasteiger partial charge in [0.25, 0.3) is 5.69 Å². The number of piperidine rings is 1. The molecule has 0 saturated carbocycles. The van der Waals surface area contributed by atoms with Crippen LogP contribution in [0.3, 0.4) is 0 Å². The lowest BCUT2D eigenvalue weighted by atomic mass is 9.95. The summed E-state index contributed by atoms with van der Waals surface area (Å²) in [4.78, 5) is 37.8. The molecule has 0 unspecified atom stereocenters. The van der Waals surface area contributed by atoms with Crippen molar-refractivity contribution < 1.29 is 29.1 Å². The zero-order valence-electron chi connectivity index (χ0n) is 19.1. The molecule has 0 atom stereocenters. The van der Waals surface area contributed by atoms with E-state index in [-0.39, 0.29) is 34.9 Å². The van der Waals surface area contributed by atoms with E-state index in [9.17, 15) is 24.8 Å². The van der Waals surface area contributed by atoms with Gasteiger partial charge in [-0.05, 0) is 63.0 Å². The molecular weight excluding hydrogens is 440 g/mol. The van der Waals surface area contributed by atoms with Gasteiger partial charge < -0.3 is 14.6 Å². The summed E-state index contributed by atoms with van der Waals surface area (Å²) < 4.78 is 11.1. The van der Waals surface area contributed by atoms with Crippen LogP contribution in [0.5, 0.6) is 11.5 Å². The van der Waals surface area contributed by atoms with E-state index in [1.165, 1.54) is 18.2 Å². The van der Waals surface area contributed by atoms with Crippen molar-refractivity contribution in [1.29, 1.82) is 0 Å². The van der Waals surface area contributed by atoms with Crippen molar-refractivity contribution in [3.05, 3.63) is 68.5 Å². The van der Waals surface area contributed by atoms with Gasteiger partial charge in [0.15, 0.2) is 5.76 Å². The van der Waals surface area contributed by atoms with E-state index in [0.29, 0.717) is 67.1 Å². The maximum Gasteiger partial charge on any atom is 0.309 e. The summed E-state index contributed by atoms with van der Waals surface area (Å²) in [6.07, 6.45) is 2.79. The fourth-order valence-corrected chi connectivity index (χ4v) is 4.42. The van der Waals surface area contributed by atoms with E-state index in [0.717, 1.165) is 0 Å². The summed E-state index contributed by atoms with van der Waals surface area (Å²) in [6, 6.07) is 7.49. The van der Waals surface area contributed by atoms with Gasteiger partial charge in [-0.15, -0.1) is 0 Å². The number of phenols is 1. The lowest BCUT2D eigenvalue weighted by Crippen LogP contribution is -2.36. The van der Waals surface area contributed by atoms with Crippen molar-refractivity contribution in [2.45, 2.75) is 33.2 Å². The van der Waals surface area contributed by atoms with Gasteiger partial charge in [0, 0.05) is 18.7 Å². The van der Waals surface area contributed by atoms with Crippen LogP contribution in [0.4, 0.5) is 5.69 Å². The van der Waals surface area contributed by atoms with E-state index >= 15 is 0 Å². The Kier molecular flexibility index (Phi) is 6.65. The Hall–Kier alpha value is -3.72. The van der Waals surface area contributed by atoms with Gasteiger partial charge in [-0.25, -0.2) is 0 Å². The number of non-ortho nitro benzene ring substituents is 1. The molecule has 1 N–H and O–H groups in total. The molecule has 0 spiro atoms. The summed E-state index contributed by atoms with van der Waals surface area (Å²) >= 11 is 0. The first kappa shape index (κ1) is 23.4. The molecule has 1 saturated heterocycles. The maximum atomic E-state index is 13.1. The molecule has 34 heavy (non-hydrogen) atoms. The number of aromatic hydroxyl groups is 1. The van der Waals surface area contributed by atoms with Crippen LogP contribution in [0, 0.1) is 23.0 Å². The van der Waals surface area contributed by atoms with Crippen LogP contribution in [0.25, 0.3) is 6.08 Å². The van der Waals surface area contributed by atoms with E-state index in [4.69, 9.17) is 9.47 Å². The predicted molar refractivity (Wildman–Crippen MR) is 124 cm³/mol. The molecule has 0 bridgehead atoms. The number of carbonyl (C=O) groups excluding carboxylic acids is 2. The van der Waals surface area contributed by atoms with Crippen LogP contribution in [0.2, 0.25) is 0 Å². The van der Waals surface area contributed by atoms with E-state index in [1.54, 1.807) is 32.0 Å². The molecule has 178 valence electrons. The lowest BCUT2D eigenvalue weighted by molar-refractivity contribution is -0.384. The highest BCUT2D eigenvalue weighted by Crippen LogP contribution is 2.42. The van der Waals surface area contributed by atoms with E-state index in [2.05, 4.69) is 4.90 Å². The molecule has 4 rings (SSSR count). The number of likely N-dealkylation sites (tertiary alicyclic amines) is 1. The number of benzene rings is 2. The number of nitro groups is 1. The van der Waals surface area contributed by atoms with Crippen LogP contribution in [-0.4, -0.2) is 46.4 Å². The van der Waals surface area contributed by atoms with Crippen LogP contribution in [-0.2, 0) is 16.1 Å². The number of allylic oxidation sites excluding steroid dienone is 1. The first-order chi connectivity index (χ1) is 16.3. The van der Waals surface area contributed by atoms with Crippen molar-refractivity contribution in [2.75, 3.05) is 19.7 Å². The second-order valence-corrected chi connectivity index (χ2v) is 8.49. The summed E-state index contributed by atoms with van der Waals surface area (Å²) in [6.45, 7) is 5.54. The van der Waals surface area contributed by atoms with Crippen LogP contribution in [0.15, 0.2) is 36.1 Å². The molecule has 2 aliphatic rings. The number of nitrogens with zero attached hydrogens (tertiary/aromatic N) is 2. The van der Waals surface area contributed by atoms with Crippen molar-refractivity contribution in [1.82, 2.24) is 4.90 Å². The highest BCUT2D eigenvalue weighted by molar-refractivity contribution is 6.15. The van der Waals surface area contributed by atoms with Gasteiger partial charge in [-0.2, -0.15) is 0 Å². The molecule has 9 heteroatoms. The molecular formula is C25H26N2O7. The normalized spacial score (nSPS) is 17.5. The molecule has 2 aromatic rings. The highest BCUT2D eigenvalue weighted by Gasteiger charge is 2.34. The SMILES string of the molecule is CCOC(=O)C1CCN(Cc2c(O)cc(C)c3c2OC(=Cc2cccc([N+](=O)[O-])c2)C3=O)CC1. The third-order valence-electron chi connectivity index (χ3n) is 6.19. The fourth-order valence-electron chi connectivity index (χ4n) is 4.42. The second kappa shape index (κ2) is 9.64. The smallest absolute Gasteiger partial charge is 0.309 e. The number of hydrogen-bond donors (Lipinski definition) is 1. The number of fused-ring (bicyclic) bond motifs is 1. The number of phenolic OH excluding ortho intramolecular Hbond substituents is 1. The van der Waals surface area contributed by atoms with Crippen molar-refractivity contribution in [3.63, 3.8) is 0 Å². The Balaban J connectivity index is 1.57. The summed E-state index contributed by atoms with van der Waals surface area (Å²) in [5.41, 5.74) is 1.86. The highest BCUT2D eigenvalue weighted by atomic mass is 16.6. The molecule has 0 radical (unpaired) electrons. The molecule has 0 aliphatic carbocycles. The number of carbonyl (C=O) groups is 2. The Morgan fingerprint density at radius 1 is 1.32 bits per heavy atom. The van der Waals surface area contributed by atoms with Crippen LogP contribution < -0.4 is 4.74 Å². The number of esters is 1. The first-order valence-corrected chi connectivity index (χ1v) is 11.2. The second-order valence-electron chi connectivity index (χ2n) is 8.49. The molecule has 0 aromatic heterocycles. The molecule has 2 aliphatic heterocycles. The fraction of sp³-hybridized carbons (Fsp3) is 0.360. The number of hydrogen-bond acceptors (Lipinski definition) is 8. The predicted octanol–water partition coefficient (Wildman–Crippen LogP) is 4.00. The summed E-state index contributed by atoms with van der Waals surface area (Å²) in [7, 11) is 0. The number of ether oxygens (including phenoxy) is 2. The Labute approximate surface area is 196 Å². The number of nitro benzene ring substituents is 1. The lowest BCUT2D eigenvalue weighted by Gasteiger charge is -2.31. The molecule has 2 heterocycles. The number of ketones is 1. The zero-order chi connectivity index (χ0) is 24.4. The van der Waals surface area contributed by atoms with Crippen molar-refractivity contribution >= 4 is 23.5 Å². The first-order valence-electron chi connectivity index (χ1n) is 11.2. The van der Waals surface area contributed by atoms with Gasteiger partial charge in [-0.3, -0.25) is 24.6 Å². The van der Waals surface area contributed by atoms with Gasteiger partial charge in [0.2, 0.25) is 5.78 Å². The van der Waals surface area contributed by atoms with Gasteiger partial charge in [0.05, 0.1) is 28.6 Å². The topological polar surface area (TPSA) is 119 Å². The molecule has 9 nitrogen and oxygen atoms in total. The minimum atomic E-state index is -0.501. The Morgan fingerprint density at radius 2 is 2.06 bits per heavy atom. The molecule has 1 fully saturated rings. The number of Topliss-reactive ketones (excluding diaryl/α,β-unsaturated/α-hetero) is 1. The van der Waals surface area contributed by atoms with Crippen LogP contribution >= 0.6 is 0 Å². The molecule has 0 amide bonds. The van der Waals surface area contributed by atoms with Crippen LogP contribution in [0.1, 0.15) is 46.8 Å². The van der Waals surface area contributed by atoms with E-state index < -0.39 is 4.92 Å². The summed E-state index contributed by atoms with van der Waals surface area (Å²) in [5, 5.41) is 21.7. The number of aryl methyl sites for hydroxylation is 1. The third-order valence-corrected chi connectivity index (χ3v) is 6.19. The standard InChI is InChI=1S/C25H26N2O7/c1-3-33-25(30)17-7-9-26(10-8-17)14-19-20(28)11-15(2)22-23(29)21(34-24(19)22)13-16-5-4-6-18(12-16)27(31)32/h4-6,11-13,17,28H,3,7-10,14H2,1-2H3. The third kappa shape index (κ3) is 4.65.